The van der Waals surface area contributed by atoms with Crippen LogP contribution in [0, 0.1) is 0 Å². The van der Waals surface area contributed by atoms with Gasteiger partial charge in [0.1, 0.15) is 6.04 Å². The highest BCUT2D eigenvalue weighted by atomic mass is 35.5. The molecule has 0 saturated carbocycles. The molecule has 0 aromatic rings. The van der Waals surface area contributed by atoms with E-state index in [9.17, 15) is 4.79 Å². The molecular weight excluding hydrogens is 180 g/mol. The maximum absolute atomic E-state index is 11.2. The van der Waals surface area contributed by atoms with Crippen molar-refractivity contribution in [3.05, 3.63) is 0 Å². The van der Waals surface area contributed by atoms with E-state index < -0.39 is 6.04 Å². The number of hydrogen-bond donors (Lipinski definition) is 2. The van der Waals surface area contributed by atoms with E-state index in [0.717, 1.165) is 25.9 Å². The second-order valence-corrected chi connectivity index (χ2v) is 2.82. The Morgan fingerprint density at radius 1 is 1.50 bits per heavy atom. The molecule has 1 unspecified atom stereocenters. The van der Waals surface area contributed by atoms with Crippen LogP contribution in [-0.2, 0) is 4.79 Å². The highest BCUT2D eigenvalue weighted by Gasteiger charge is 2.22. The Bertz CT molecular complexity index is 148. The van der Waals surface area contributed by atoms with E-state index in [1.807, 2.05) is 0 Å². The van der Waals surface area contributed by atoms with Gasteiger partial charge in [-0.1, -0.05) is 0 Å². The number of carbonyl (C=O) groups is 1. The van der Waals surface area contributed by atoms with Gasteiger partial charge in [0.25, 0.3) is 0 Å². The third-order valence-electron chi connectivity index (χ3n) is 1.93. The lowest BCUT2D eigenvalue weighted by molar-refractivity contribution is -0.132. The number of amides is 1. The predicted octanol–water partition coefficient (Wildman–Crippen LogP) is -0.650. The molecule has 0 bridgehead atoms. The molecule has 0 spiro atoms. The Labute approximate surface area is 78.1 Å². The molecule has 1 atom stereocenters. The number of hydrogen-bond acceptors (Lipinski definition) is 3. The average Bonchev–Trinajstić information content (AvgIpc) is 2.53. The van der Waals surface area contributed by atoms with Crippen LogP contribution in [0.3, 0.4) is 0 Å². The van der Waals surface area contributed by atoms with Gasteiger partial charge in [-0.3, -0.25) is 4.79 Å². The lowest BCUT2D eigenvalue weighted by atomic mass is 10.3. The minimum absolute atomic E-state index is 0. The van der Waals surface area contributed by atoms with Crippen molar-refractivity contribution in [1.29, 1.82) is 0 Å². The normalized spacial score (nSPS) is 18.7. The average molecular weight is 195 g/mol. The summed E-state index contributed by atoms with van der Waals surface area (Å²) >= 11 is 0. The first-order valence-corrected chi connectivity index (χ1v) is 3.91. The maximum atomic E-state index is 11.2. The monoisotopic (exact) mass is 194 g/mol. The maximum Gasteiger partial charge on any atom is 0.241 e. The fraction of sp³-hybridized carbons (Fsp3) is 0.857. The van der Waals surface area contributed by atoms with Gasteiger partial charge in [-0.05, 0) is 12.8 Å². The van der Waals surface area contributed by atoms with Crippen LogP contribution in [0.25, 0.3) is 0 Å². The zero-order chi connectivity index (χ0) is 8.27. The summed E-state index contributed by atoms with van der Waals surface area (Å²) in [6.45, 7) is 1.34. The minimum atomic E-state index is -0.715. The standard InChI is InChI=1S/C7H14N2O2.ClH/c8-6(5-10)7(11)9-3-1-2-4-9;/h6,10H,1-5,8H2;1H. The summed E-state index contributed by atoms with van der Waals surface area (Å²) in [7, 11) is 0. The summed E-state index contributed by atoms with van der Waals surface area (Å²) in [6, 6.07) is -0.715. The van der Waals surface area contributed by atoms with E-state index in [1.165, 1.54) is 0 Å². The first-order chi connectivity index (χ1) is 5.25. The topological polar surface area (TPSA) is 66.6 Å². The van der Waals surface area contributed by atoms with Crippen molar-refractivity contribution >= 4 is 18.3 Å². The van der Waals surface area contributed by atoms with Gasteiger partial charge in [0.2, 0.25) is 5.91 Å². The number of nitrogens with two attached hydrogens (primary N) is 1. The molecule has 1 aliphatic rings. The lowest BCUT2D eigenvalue weighted by Gasteiger charge is -2.18. The molecular formula is C7H15ClN2O2. The SMILES string of the molecule is Cl.NC(CO)C(=O)N1CCCC1. The molecule has 0 aliphatic carbocycles. The van der Waals surface area contributed by atoms with Gasteiger partial charge in [0.05, 0.1) is 6.61 Å². The number of likely N-dealkylation sites (tertiary alicyclic amines) is 1. The third kappa shape index (κ3) is 2.62. The van der Waals surface area contributed by atoms with Gasteiger partial charge < -0.3 is 15.7 Å². The van der Waals surface area contributed by atoms with E-state index in [1.54, 1.807) is 4.90 Å². The number of carbonyl (C=O) groups excluding carboxylic acids is 1. The van der Waals surface area contributed by atoms with E-state index in [0.29, 0.717) is 0 Å². The van der Waals surface area contributed by atoms with Gasteiger partial charge >= 0.3 is 0 Å². The Morgan fingerprint density at radius 2 is 2.00 bits per heavy atom. The van der Waals surface area contributed by atoms with Crippen LogP contribution in [0.2, 0.25) is 0 Å². The fourth-order valence-corrected chi connectivity index (χ4v) is 1.25. The quantitative estimate of drug-likeness (QED) is 0.614. The minimum Gasteiger partial charge on any atom is -0.394 e. The van der Waals surface area contributed by atoms with Gasteiger partial charge in [0.15, 0.2) is 0 Å². The van der Waals surface area contributed by atoms with Crippen LogP contribution in [0.5, 0.6) is 0 Å². The summed E-state index contributed by atoms with van der Waals surface area (Å²) in [5, 5.41) is 8.59. The van der Waals surface area contributed by atoms with Crippen molar-refractivity contribution in [2.45, 2.75) is 18.9 Å². The molecule has 0 radical (unpaired) electrons. The summed E-state index contributed by atoms with van der Waals surface area (Å²) in [4.78, 5) is 12.9. The molecule has 12 heavy (non-hydrogen) atoms. The zero-order valence-corrected chi connectivity index (χ0v) is 7.72. The van der Waals surface area contributed by atoms with E-state index in [4.69, 9.17) is 10.8 Å². The first kappa shape index (κ1) is 11.7. The van der Waals surface area contributed by atoms with Gasteiger partial charge in [-0.2, -0.15) is 0 Å². The van der Waals surface area contributed by atoms with Crippen molar-refractivity contribution in [1.82, 2.24) is 4.90 Å². The molecule has 0 aromatic heterocycles. The van der Waals surface area contributed by atoms with E-state index >= 15 is 0 Å². The van der Waals surface area contributed by atoms with Gasteiger partial charge in [0, 0.05) is 13.1 Å². The molecule has 0 aromatic carbocycles. The molecule has 1 heterocycles. The summed E-state index contributed by atoms with van der Waals surface area (Å²) in [5.74, 6) is -0.120. The summed E-state index contributed by atoms with van der Waals surface area (Å²) < 4.78 is 0. The van der Waals surface area contributed by atoms with Crippen LogP contribution in [0.4, 0.5) is 0 Å². The van der Waals surface area contributed by atoms with Crippen LogP contribution in [-0.4, -0.2) is 41.7 Å². The molecule has 5 heteroatoms. The number of aliphatic hydroxyl groups excluding tert-OH is 1. The number of rotatable bonds is 2. The Morgan fingerprint density at radius 3 is 2.42 bits per heavy atom. The molecule has 72 valence electrons. The number of aliphatic hydroxyl groups is 1. The largest absolute Gasteiger partial charge is 0.394 e. The fourth-order valence-electron chi connectivity index (χ4n) is 1.25. The van der Waals surface area contributed by atoms with Gasteiger partial charge in [-0.25, -0.2) is 0 Å². The van der Waals surface area contributed by atoms with E-state index in [-0.39, 0.29) is 24.9 Å². The highest BCUT2D eigenvalue weighted by Crippen LogP contribution is 2.07. The molecule has 3 N–H and O–H groups in total. The van der Waals surface area contributed by atoms with E-state index in [2.05, 4.69) is 0 Å². The predicted molar refractivity (Wildman–Crippen MR) is 48.1 cm³/mol. The molecule has 1 fully saturated rings. The molecule has 1 rings (SSSR count). The second-order valence-electron chi connectivity index (χ2n) is 2.82. The van der Waals surface area contributed by atoms with Crippen molar-refractivity contribution in [3.8, 4) is 0 Å². The van der Waals surface area contributed by atoms with Gasteiger partial charge in [-0.15, -0.1) is 12.4 Å². The van der Waals surface area contributed by atoms with Crippen LogP contribution in [0.15, 0.2) is 0 Å². The first-order valence-electron chi connectivity index (χ1n) is 3.91. The highest BCUT2D eigenvalue weighted by molar-refractivity contribution is 5.85. The number of halogens is 1. The second kappa shape index (κ2) is 5.35. The number of nitrogens with zero attached hydrogens (tertiary/aromatic N) is 1. The zero-order valence-electron chi connectivity index (χ0n) is 6.90. The third-order valence-corrected chi connectivity index (χ3v) is 1.93. The Kier molecular flexibility index (Phi) is 5.20. The van der Waals surface area contributed by atoms with Crippen LogP contribution >= 0.6 is 12.4 Å². The van der Waals surface area contributed by atoms with Crippen LogP contribution in [0.1, 0.15) is 12.8 Å². The molecule has 4 nitrogen and oxygen atoms in total. The summed E-state index contributed by atoms with van der Waals surface area (Å²) in [6.07, 6.45) is 2.12. The molecule has 1 aliphatic heterocycles. The molecule has 1 saturated heterocycles. The van der Waals surface area contributed by atoms with Crippen molar-refractivity contribution in [3.63, 3.8) is 0 Å². The Hall–Kier alpha value is -0.320. The molecule has 1 amide bonds. The lowest BCUT2D eigenvalue weighted by Crippen LogP contribution is -2.44. The smallest absolute Gasteiger partial charge is 0.241 e. The van der Waals surface area contributed by atoms with Crippen molar-refractivity contribution < 1.29 is 9.90 Å². The summed E-state index contributed by atoms with van der Waals surface area (Å²) in [5.41, 5.74) is 5.36. The van der Waals surface area contributed by atoms with Crippen LogP contribution < -0.4 is 5.73 Å². The van der Waals surface area contributed by atoms with Crippen molar-refractivity contribution in [2.75, 3.05) is 19.7 Å². The Balaban J connectivity index is 0.00000121. The van der Waals surface area contributed by atoms with Crippen molar-refractivity contribution in [2.24, 2.45) is 5.73 Å².